The van der Waals surface area contributed by atoms with Gasteiger partial charge in [-0.2, -0.15) is 5.26 Å². The van der Waals surface area contributed by atoms with Crippen molar-refractivity contribution in [3.63, 3.8) is 0 Å². The molecule has 0 amide bonds. The summed E-state index contributed by atoms with van der Waals surface area (Å²) in [5.74, 6) is 0.739. The fourth-order valence-corrected chi connectivity index (χ4v) is 4.94. The second-order valence-corrected chi connectivity index (χ2v) is 9.36. The van der Waals surface area contributed by atoms with E-state index in [4.69, 9.17) is 4.98 Å². The van der Waals surface area contributed by atoms with Crippen LogP contribution in [0.25, 0.3) is 17.0 Å². The van der Waals surface area contributed by atoms with Gasteiger partial charge in [-0.15, -0.1) is 0 Å². The number of aromatic nitrogens is 4. The van der Waals surface area contributed by atoms with Gasteiger partial charge in [0, 0.05) is 6.20 Å². The lowest BCUT2D eigenvalue weighted by Gasteiger charge is -2.27. The number of fused-ring (bicyclic) bond motifs is 1. The fourth-order valence-electron chi connectivity index (χ4n) is 4.94. The highest BCUT2D eigenvalue weighted by Gasteiger charge is 2.23. The van der Waals surface area contributed by atoms with Crippen LogP contribution in [0.5, 0.6) is 0 Å². The molecule has 1 aliphatic heterocycles. The molecular formula is C28H31N7O. The standard InChI is InChI=1S/C28H31N7O/c1-3-19-5-4-14-35-24(17-31-27(19)35)25-23(15-29)16-32-28(34-25)33-18(2)20-6-8-21(9-7-20)26(36)22-10-12-30-13-11-22/h4-9,14,16-18,22,26,30,36H,3,10-13H2,1-2H3,(H,32,33,34)/t18-,26?/m0/s1. The van der Waals surface area contributed by atoms with Crippen LogP contribution in [-0.2, 0) is 6.42 Å². The van der Waals surface area contributed by atoms with Gasteiger partial charge in [0.25, 0.3) is 0 Å². The number of hydrogen-bond donors (Lipinski definition) is 3. The van der Waals surface area contributed by atoms with Gasteiger partial charge in [0.2, 0.25) is 5.95 Å². The fraction of sp³-hybridized carbons (Fsp3) is 0.357. The molecule has 1 saturated heterocycles. The lowest BCUT2D eigenvalue weighted by molar-refractivity contribution is 0.0889. The van der Waals surface area contributed by atoms with Crippen molar-refractivity contribution in [3.05, 3.63) is 77.2 Å². The Morgan fingerprint density at radius 3 is 2.61 bits per heavy atom. The van der Waals surface area contributed by atoms with Gasteiger partial charge in [-0.3, -0.25) is 4.40 Å². The van der Waals surface area contributed by atoms with Crippen LogP contribution < -0.4 is 10.6 Å². The van der Waals surface area contributed by atoms with Gasteiger partial charge in [-0.1, -0.05) is 37.3 Å². The molecule has 4 aromatic rings. The van der Waals surface area contributed by atoms with Gasteiger partial charge in [0.15, 0.2) is 0 Å². The summed E-state index contributed by atoms with van der Waals surface area (Å²) < 4.78 is 1.97. The lowest BCUT2D eigenvalue weighted by Crippen LogP contribution is -2.30. The summed E-state index contributed by atoms with van der Waals surface area (Å²) >= 11 is 0. The first-order valence-electron chi connectivity index (χ1n) is 12.6. The van der Waals surface area contributed by atoms with Gasteiger partial charge in [0.05, 0.1) is 35.8 Å². The van der Waals surface area contributed by atoms with Crippen LogP contribution in [0.2, 0.25) is 0 Å². The zero-order valence-electron chi connectivity index (χ0n) is 20.6. The number of piperidine rings is 1. The van der Waals surface area contributed by atoms with Crippen LogP contribution in [-0.4, -0.2) is 37.5 Å². The Morgan fingerprint density at radius 2 is 1.89 bits per heavy atom. The van der Waals surface area contributed by atoms with Gasteiger partial charge >= 0.3 is 0 Å². The molecule has 1 fully saturated rings. The minimum Gasteiger partial charge on any atom is -0.388 e. The summed E-state index contributed by atoms with van der Waals surface area (Å²) in [5, 5.41) is 27.2. The number of hydrogen-bond acceptors (Lipinski definition) is 7. The number of anilines is 1. The van der Waals surface area contributed by atoms with Crippen molar-refractivity contribution in [2.24, 2.45) is 5.92 Å². The number of aryl methyl sites for hydroxylation is 1. The third kappa shape index (κ3) is 4.68. The van der Waals surface area contributed by atoms with Crippen molar-refractivity contribution < 1.29 is 5.11 Å². The maximum Gasteiger partial charge on any atom is 0.223 e. The number of nitriles is 1. The van der Waals surface area contributed by atoms with Crippen LogP contribution in [0.3, 0.4) is 0 Å². The number of pyridine rings is 1. The van der Waals surface area contributed by atoms with Crippen molar-refractivity contribution in [2.75, 3.05) is 18.4 Å². The van der Waals surface area contributed by atoms with E-state index in [9.17, 15) is 10.4 Å². The molecule has 8 heteroatoms. The molecule has 0 bridgehead atoms. The first kappa shape index (κ1) is 23.9. The number of nitrogens with one attached hydrogen (secondary N) is 2. The SMILES string of the molecule is CCc1cccn2c(-c3nc(N[C@@H](C)c4ccc(C(O)C5CCNCC5)cc4)ncc3C#N)cnc12. The molecule has 0 radical (unpaired) electrons. The Hall–Kier alpha value is -3.80. The summed E-state index contributed by atoms with van der Waals surface area (Å²) in [4.78, 5) is 13.7. The molecule has 184 valence electrons. The number of aliphatic hydroxyl groups is 1. The summed E-state index contributed by atoms with van der Waals surface area (Å²) in [5.41, 5.74) is 5.72. The Bertz CT molecular complexity index is 1380. The van der Waals surface area contributed by atoms with Crippen molar-refractivity contribution in [3.8, 4) is 17.5 Å². The summed E-state index contributed by atoms with van der Waals surface area (Å²) in [7, 11) is 0. The van der Waals surface area contributed by atoms with Crippen molar-refractivity contribution in [1.82, 2.24) is 24.7 Å². The predicted octanol–water partition coefficient (Wildman–Crippen LogP) is 4.43. The molecule has 0 saturated carbocycles. The maximum absolute atomic E-state index is 10.8. The average molecular weight is 482 g/mol. The largest absolute Gasteiger partial charge is 0.388 e. The van der Waals surface area contributed by atoms with Gasteiger partial charge in [-0.05, 0) is 68.0 Å². The average Bonchev–Trinajstić information content (AvgIpc) is 3.37. The van der Waals surface area contributed by atoms with Crippen molar-refractivity contribution >= 4 is 11.6 Å². The molecule has 8 nitrogen and oxygen atoms in total. The first-order valence-corrected chi connectivity index (χ1v) is 12.6. The molecule has 1 aromatic carbocycles. The third-order valence-electron chi connectivity index (χ3n) is 7.10. The maximum atomic E-state index is 10.8. The topological polar surface area (TPSA) is 111 Å². The summed E-state index contributed by atoms with van der Waals surface area (Å²) in [6, 6.07) is 14.3. The van der Waals surface area contributed by atoms with E-state index in [-0.39, 0.29) is 6.04 Å². The molecule has 1 unspecified atom stereocenters. The molecule has 4 heterocycles. The van der Waals surface area contributed by atoms with E-state index in [1.165, 1.54) is 0 Å². The van der Waals surface area contributed by atoms with E-state index in [1.54, 1.807) is 12.4 Å². The quantitative estimate of drug-likeness (QED) is 0.358. The normalized spacial score (nSPS) is 15.9. The smallest absolute Gasteiger partial charge is 0.223 e. The van der Waals surface area contributed by atoms with Crippen LogP contribution in [0.1, 0.15) is 61.1 Å². The van der Waals surface area contributed by atoms with Crippen LogP contribution >= 0.6 is 0 Å². The molecule has 1 aliphatic rings. The summed E-state index contributed by atoms with van der Waals surface area (Å²) in [6.45, 7) is 6.06. The molecule has 3 aromatic heterocycles. The molecule has 5 rings (SSSR count). The van der Waals surface area contributed by atoms with Gasteiger partial charge < -0.3 is 15.7 Å². The third-order valence-corrected chi connectivity index (χ3v) is 7.10. The first-order chi connectivity index (χ1) is 17.6. The van der Waals surface area contributed by atoms with E-state index in [2.05, 4.69) is 39.7 Å². The highest BCUT2D eigenvalue weighted by atomic mass is 16.3. The number of rotatable bonds is 7. The Kier molecular flexibility index (Phi) is 6.94. The molecule has 2 atom stereocenters. The minimum atomic E-state index is -0.437. The molecule has 0 spiro atoms. The number of aliphatic hydroxyl groups excluding tert-OH is 1. The molecule has 0 aliphatic carbocycles. The highest BCUT2D eigenvalue weighted by Crippen LogP contribution is 2.30. The molecule has 3 N–H and O–H groups in total. The van der Waals surface area contributed by atoms with Crippen molar-refractivity contribution in [1.29, 1.82) is 5.26 Å². The van der Waals surface area contributed by atoms with Crippen molar-refractivity contribution in [2.45, 2.75) is 45.3 Å². The van der Waals surface area contributed by atoms with E-state index in [0.29, 0.717) is 23.1 Å². The van der Waals surface area contributed by atoms with Crippen LogP contribution in [0, 0.1) is 17.2 Å². The molecule has 36 heavy (non-hydrogen) atoms. The zero-order valence-corrected chi connectivity index (χ0v) is 20.6. The number of imidazole rings is 1. The van der Waals surface area contributed by atoms with E-state index < -0.39 is 6.10 Å². The predicted molar refractivity (Wildman–Crippen MR) is 139 cm³/mol. The Balaban J connectivity index is 1.37. The zero-order chi connectivity index (χ0) is 25.1. The summed E-state index contributed by atoms with van der Waals surface area (Å²) in [6.07, 6.45) is 7.67. The van der Waals surface area contributed by atoms with E-state index in [0.717, 1.165) is 60.4 Å². The minimum absolute atomic E-state index is 0.0651. The second-order valence-electron chi connectivity index (χ2n) is 9.36. The van der Waals surface area contributed by atoms with Gasteiger partial charge in [-0.25, -0.2) is 15.0 Å². The highest BCUT2D eigenvalue weighted by molar-refractivity contribution is 5.68. The van der Waals surface area contributed by atoms with E-state index >= 15 is 0 Å². The Labute approximate surface area is 211 Å². The van der Waals surface area contributed by atoms with Crippen LogP contribution in [0.15, 0.2) is 55.0 Å². The van der Waals surface area contributed by atoms with Crippen LogP contribution in [0.4, 0.5) is 5.95 Å². The second kappa shape index (κ2) is 10.4. The lowest BCUT2D eigenvalue weighted by atomic mass is 9.87. The molecular weight excluding hydrogens is 450 g/mol. The number of nitrogens with zero attached hydrogens (tertiary/aromatic N) is 5. The Morgan fingerprint density at radius 1 is 1.14 bits per heavy atom. The van der Waals surface area contributed by atoms with E-state index in [1.807, 2.05) is 47.9 Å². The van der Waals surface area contributed by atoms with Gasteiger partial charge in [0.1, 0.15) is 17.4 Å². The monoisotopic (exact) mass is 481 g/mol. The number of benzene rings is 1.